The van der Waals surface area contributed by atoms with Crippen LogP contribution >= 0.6 is 0 Å². The van der Waals surface area contributed by atoms with Crippen LogP contribution in [0.25, 0.3) is 5.69 Å². The van der Waals surface area contributed by atoms with Crippen LogP contribution in [0.1, 0.15) is 20.8 Å². The second-order valence-corrected chi connectivity index (χ2v) is 3.24. The first-order chi connectivity index (χ1) is 8.13. The predicted molar refractivity (Wildman–Crippen MR) is 55.9 cm³/mol. The van der Waals surface area contributed by atoms with Crippen LogP contribution in [-0.2, 0) is 0 Å². The molecule has 0 unspecified atom stereocenters. The molecule has 0 fully saturated rings. The third-order valence-electron chi connectivity index (χ3n) is 2.18. The van der Waals surface area contributed by atoms with E-state index in [0.29, 0.717) is 6.29 Å². The number of hydrogen-bond acceptors (Lipinski definition) is 3. The Morgan fingerprint density at radius 3 is 2.76 bits per heavy atom. The number of halogens is 1. The van der Waals surface area contributed by atoms with E-state index < -0.39 is 17.3 Å². The van der Waals surface area contributed by atoms with E-state index in [1.165, 1.54) is 24.4 Å². The molecule has 1 heterocycles. The van der Waals surface area contributed by atoms with E-state index in [1.807, 2.05) is 0 Å². The van der Waals surface area contributed by atoms with Gasteiger partial charge in [0.05, 0.1) is 5.69 Å². The predicted octanol–water partition coefficient (Wildman–Crippen LogP) is 1.52. The van der Waals surface area contributed by atoms with Crippen molar-refractivity contribution < 1.29 is 19.1 Å². The molecule has 0 amide bonds. The SMILES string of the molecule is O=Cc1ccn(-c2cccc(F)c2C(=O)O)n1. The lowest BCUT2D eigenvalue weighted by Crippen LogP contribution is -2.08. The molecule has 0 saturated carbocycles. The number of carboxylic acid groups (broad SMARTS) is 1. The van der Waals surface area contributed by atoms with Crippen LogP contribution in [0.5, 0.6) is 0 Å². The van der Waals surface area contributed by atoms with Gasteiger partial charge in [-0.15, -0.1) is 0 Å². The summed E-state index contributed by atoms with van der Waals surface area (Å²) in [5.41, 5.74) is -0.260. The van der Waals surface area contributed by atoms with Gasteiger partial charge in [-0.25, -0.2) is 13.9 Å². The van der Waals surface area contributed by atoms with Crippen LogP contribution in [0.2, 0.25) is 0 Å². The van der Waals surface area contributed by atoms with Gasteiger partial charge in [0.25, 0.3) is 0 Å². The van der Waals surface area contributed by atoms with Gasteiger partial charge in [-0.3, -0.25) is 4.79 Å². The molecule has 5 nitrogen and oxygen atoms in total. The van der Waals surface area contributed by atoms with Crippen molar-refractivity contribution in [3.63, 3.8) is 0 Å². The lowest BCUT2D eigenvalue weighted by atomic mass is 10.1. The van der Waals surface area contributed by atoms with Crippen LogP contribution in [0.4, 0.5) is 4.39 Å². The van der Waals surface area contributed by atoms with Gasteiger partial charge in [-0.1, -0.05) is 6.07 Å². The summed E-state index contributed by atoms with van der Waals surface area (Å²) >= 11 is 0. The second-order valence-electron chi connectivity index (χ2n) is 3.24. The number of carbonyl (C=O) groups is 2. The highest BCUT2D eigenvalue weighted by atomic mass is 19.1. The highest BCUT2D eigenvalue weighted by Gasteiger charge is 2.17. The van der Waals surface area contributed by atoms with Crippen molar-refractivity contribution in [2.75, 3.05) is 0 Å². The maximum atomic E-state index is 13.4. The summed E-state index contributed by atoms with van der Waals surface area (Å²) in [5, 5.41) is 12.7. The molecule has 0 bridgehead atoms. The molecule has 0 aliphatic heterocycles. The molecule has 0 aliphatic carbocycles. The smallest absolute Gasteiger partial charge is 0.340 e. The van der Waals surface area contributed by atoms with E-state index in [4.69, 9.17) is 5.11 Å². The molecule has 17 heavy (non-hydrogen) atoms. The van der Waals surface area contributed by atoms with Gasteiger partial charge < -0.3 is 5.11 Å². The standard InChI is InChI=1S/C11H7FN2O3/c12-8-2-1-3-9(10(8)11(16)17)14-5-4-7(6-15)13-14/h1-6H,(H,16,17). The van der Waals surface area contributed by atoms with Crippen molar-refractivity contribution in [3.8, 4) is 5.69 Å². The molecule has 0 spiro atoms. The number of carbonyl (C=O) groups excluding carboxylic acids is 1. The number of benzene rings is 1. The molecule has 86 valence electrons. The topological polar surface area (TPSA) is 72.2 Å². The molecule has 2 aromatic rings. The lowest BCUT2D eigenvalue weighted by molar-refractivity contribution is 0.0691. The molecule has 1 aromatic heterocycles. The van der Waals surface area contributed by atoms with Gasteiger partial charge in [-0.05, 0) is 18.2 Å². The number of nitrogens with zero attached hydrogens (tertiary/aromatic N) is 2. The third-order valence-corrected chi connectivity index (χ3v) is 2.18. The maximum absolute atomic E-state index is 13.4. The molecule has 1 aromatic carbocycles. The first kappa shape index (κ1) is 11.0. The fourth-order valence-corrected chi connectivity index (χ4v) is 1.45. The molecular formula is C11H7FN2O3. The minimum atomic E-state index is -1.39. The Balaban J connectivity index is 2.62. The summed E-state index contributed by atoms with van der Waals surface area (Å²) in [6, 6.07) is 5.24. The van der Waals surface area contributed by atoms with Gasteiger partial charge in [-0.2, -0.15) is 5.10 Å². The van der Waals surface area contributed by atoms with E-state index in [0.717, 1.165) is 10.7 Å². The summed E-state index contributed by atoms with van der Waals surface area (Å²) < 4.78 is 14.5. The maximum Gasteiger partial charge on any atom is 0.340 e. The molecule has 1 N–H and O–H groups in total. The van der Waals surface area contributed by atoms with Gasteiger partial charge in [0.15, 0.2) is 6.29 Å². The van der Waals surface area contributed by atoms with E-state index >= 15 is 0 Å². The monoisotopic (exact) mass is 234 g/mol. The molecule has 0 atom stereocenters. The van der Waals surface area contributed by atoms with Crippen molar-refractivity contribution in [1.29, 1.82) is 0 Å². The van der Waals surface area contributed by atoms with Gasteiger partial charge in [0.2, 0.25) is 0 Å². The van der Waals surface area contributed by atoms with Crippen LogP contribution in [0.3, 0.4) is 0 Å². The molecule has 0 aliphatic rings. The van der Waals surface area contributed by atoms with Crippen LogP contribution in [-0.4, -0.2) is 27.1 Å². The van der Waals surface area contributed by atoms with Crippen LogP contribution in [0, 0.1) is 5.82 Å². The summed E-state index contributed by atoms with van der Waals surface area (Å²) in [4.78, 5) is 21.4. The van der Waals surface area contributed by atoms with Crippen LogP contribution < -0.4 is 0 Å². The number of hydrogen-bond donors (Lipinski definition) is 1. The molecule has 0 radical (unpaired) electrons. The van der Waals surface area contributed by atoms with E-state index in [1.54, 1.807) is 0 Å². The Labute approximate surface area is 95.1 Å². The Hall–Kier alpha value is -2.50. The highest BCUT2D eigenvalue weighted by molar-refractivity contribution is 5.92. The first-order valence-electron chi connectivity index (χ1n) is 4.66. The Kier molecular flexibility index (Phi) is 2.70. The Morgan fingerprint density at radius 1 is 1.41 bits per heavy atom. The Morgan fingerprint density at radius 2 is 2.18 bits per heavy atom. The number of aromatic nitrogens is 2. The average Bonchev–Trinajstić information content (AvgIpc) is 2.76. The number of rotatable bonds is 3. The Bertz CT molecular complexity index is 592. The lowest BCUT2D eigenvalue weighted by Gasteiger charge is -2.06. The first-order valence-corrected chi connectivity index (χ1v) is 4.66. The van der Waals surface area contributed by atoms with Crippen LogP contribution in [0.15, 0.2) is 30.5 Å². The summed E-state index contributed by atoms with van der Waals surface area (Å²) in [5.74, 6) is -2.24. The number of carboxylic acids is 1. The number of aldehydes is 1. The van der Waals surface area contributed by atoms with E-state index in [9.17, 15) is 14.0 Å². The van der Waals surface area contributed by atoms with Gasteiger partial charge >= 0.3 is 5.97 Å². The zero-order valence-electron chi connectivity index (χ0n) is 8.50. The number of aromatic carboxylic acids is 1. The van der Waals surface area contributed by atoms with Crippen molar-refractivity contribution >= 4 is 12.3 Å². The van der Waals surface area contributed by atoms with E-state index in [-0.39, 0.29) is 11.4 Å². The molecule has 6 heteroatoms. The summed E-state index contributed by atoms with van der Waals surface area (Å²) in [7, 11) is 0. The summed E-state index contributed by atoms with van der Waals surface area (Å²) in [6.45, 7) is 0. The normalized spacial score (nSPS) is 10.2. The van der Waals surface area contributed by atoms with Crippen molar-refractivity contribution in [2.24, 2.45) is 0 Å². The zero-order chi connectivity index (χ0) is 12.4. The van der Waals surface area contributed by atoms with Crippen molar-refractivity contribution in [2.45, 2.75) is 0 Å². The zero-order valence-corrected chi connectivity index (χ0v) is 8.50. The van der Waals surface area contributed by atoms with E-state index in [2.05, 4.69) is 5.10 Å². The quantitative estimate of drug-likeness (QED) is 0.817. The minimum Gasteiger partial charge on any atom is -0.478 e. The fraction of sp³-hybridized carbons (Fsp3) is 0. The summed E-state index contributed by atoms with van der Waals surface area (Å²) in [6.07, 6.45) is 1.92. The van der Waals surface area contributed by atoms with Gasteiger partial charge in [0, 0.05) is 6.20 Å². The largest absolute Gasteiger partial charge is 0.478 e. The minimum absolute atomic E-state index is 0.0746. The third kappa shape index (κ3) is 1.92. The molecule has 0 saturated heterocycles. The van der Waals surface area contributed by atoms with Gasteiger partial charge in [0.1, 0.15) is 17.1 Å². The average molecular weight is 234 g/mol. The fourth-order valence-electron chi connectivity index (χ4n) is 1.45. The molecular weight excluding hydrogens is 227 g/mol. The van der Waals surface area contributed by atoms with Crippen molar-refractivity contribution in [1.82, 2.24) is 9.78 Å². The highest BCUT2D eigenvalue weighted by Crippen LogP contribution is 2.17. The second kappa shape index (κ2) is 4.17. The van der Waals surface area contributed by atoms with Crippen molar-refractivity contribution in [3.05, 3.63) is 47.5 Å². The molecule has 2 rings (SSSR count).